The van der Waals surface area contributed by atoms with Crippen molar-refractivity contribution in [1.82, 2.24) is 10.2 Å². The maximum Gasteiger partial charge on any atom is 0.324 e. The Morgan fingerprint density at radius 3 is 3.16 bits per heavy atom. The monoisotopic (exact) mass is 326 g/mol. The van der Waals surface area contributed by atoms with Crippen LogP contribution >= 0.6 is 15.9 Å². The number of benzene rings is 1. The van der Waals surface area contributed by atoms with Gasteiger partial charge in [0.15, 0.2) is 0 Å². The minimum absolute atomic E-state index is 0.135. The molecule has 104 valence electrons. The number of hydrogen-bond acceptors (Lipinski definition) is 4. The second-order valence-electron chi connectivity index (χ2n) is 4.57. The number of nitrogens with one attached hydrogen (secondary N) is 1. The molecule has 1 aromatic rings. The van der Waals surface area contributed by atoms with Crippen LogP contribution in [0, 0.1) is 0 Å². The van der Waals surface area contributed by atoms with Gasteiger partial charge in [0.2, 0.25) is 0 Å². The van der Waals surface area contributed by atoms with Crippen LogP contribution in [0.15, 0.2) is 28.7 Å². The molecule has 4 nitrogen and oxygen atoms in total. The van der Waals surface area contributed by atoms with Gasteiger partial charge >= 0.3 is 5.97 Å². The number of piperazine rings is 1. The van der Waals surface area contributed by atoms with Crippen LogP contribution in [0.5, 0.6) is 0 Å². The van der Waals surface area contributed by atoms with Gasteiger partial charge in [-0.05, 0) is 24.6 Å². The maximum absolute atomic E-state index is 12.0. The van der Waals surface area contributed by atoms with E-state index in [4.69, 9.17) is 4.74 Å². The van der Waals surface area contributed by atoms with Crippen LogP contribution in [0.2, 0.25) is 0 Å². The highest BCUT2D eigenvalue weighted by atomic mass is 79.9. The summed E-state index contributed by atoms with van der Waals surface area (Å²) in [4.78, 5) is 14.1. The summed E-state index contributed by atoms with van der Waals surface area (Å²) in [6.45, 7) is 5.46. The van der Waals surface area contributed by atoms with Crippen LogP contribution in [-0.2, 0) is 16.1 Å². The van der Waals surface area contributed by atoms with Gasteiger partial charge in [-0.2, -0.15) is 0 Å². The lowest BCUT2D eigenvalue weighted by Crippen LogP contribution is -2.54. The van der Waals surface area contributed by atoms with Crippen LogP contribution in [0.25, 0.3) is 0 Å². The highest BCUT2D eigenvalue weighted by molar-refractivity contribution is 9.10. The van der Waals surface area contributed by atoms with Gasteiger partial charge in [-0.15, -0.1) is 0 Å². The predicted octanol–water partition coefficient (Wildman–Crippen LogP) is 1.79. The fourth-order valence-electron chi connectivity index (χ4n) is 2.28. The lowest BCUT2D eigenvalue weighted by molar-refractivity contribution is -0.150. The van der Waals surface area contributed by atoms with Gasteiger partial charge in [0.25, 0.3) is 0 Å². The van der Waals surface area contributed by atoms with Gasteiger partial charge in [0, 0.05) is 30.7 Å². The molecule has 1 heterocycles. The summed E-state index contributed by atoms with van der Waals surface area (Å²) in [5.74, 6) is -0.135. The molecule has 1 fully saturated rings. The standard InChI is InChI=1S/C14H19BrN2O2/c1-2-19-14(18)13-9-16-6-7-17(13)10-11-4-3-5-12(15)8-11/h3-5,8,13,16H,2,6-7,9-10H2,1H3. The predicted molar refractivity (Wildman–Crippen MR) is 77.8 cm³/mol. The van der Waals surface area contributed by atoms with Crippen molar-refractivity contribution < 1.29 is 9.53 Å². The van der Waals surface area contributed by atoms with E-state index >= 15 is 0 Å². The number of carbonyl (C=O) groups excluding carboxylic acids is 1. The summed E-state index contributed by atoms with van der Waals surface area (Å²) >= 11 is 3.47. The number of carbonyl (C=O) groups is 1. The molecule has 1 aliphatic rings. The van der Waals surface area contributed by atoms with Gasteiger partial charge in [0.1, 0.15) is 6.04 Å². The smallest absolute Gasteiger partial charge is 0.324 e. The fraction of sp³-hybridized carbons (Fsp3) is 0.500. The van der Waals surface area contributed by atoms with Crippen LogP contribution in [0.4, 0.5) is 0 Å². The third-order valence-corrected chi connectivity index (χ3v) is 3.68. The van der Waals surface area contributed by atoms with Gasteiger partial charge in [-0.3, -0.25) is 9.69 Å². The van der Waals surface area contributed by atoms with E-state index < -0.39 is 0 Å². The second kappa shape index (κ2) is 7.03. The first-order valence-electron chi connectivity index (χ1n) is 6.56. The molecule has 0 spiro atoms. The van der Waals surface area contributed by atoms with Crippen molar-refractivity contribution in [1.29, 1.82) is 0 Å². The topological polar surface area (TPSA) is 41.6 Å². The number of esters is 1. The second-order valence-corrected chi connectivity index (χ2v) is 5.49. The molecule has 1 aliphatic heterocycles. The first kappa shape index (κ1) is 14.5. The van der Waals surface area contributed by atoms with Crippen LogP contribution in [0.1, 0.15) is 12.5 Å². The summed E-state index contributed by atoms with van der Waals surface area (Å²) in [5, 5.41) is 3.25. The first-order valence-corrected chi connectivity index (χ1v) is 7.36. The van der Waals surface area contributed by atoms with E-state index in [1.165, 1.54) is 5.56 Å². The Balaban J connectivity index is 2.05. The van der Waals surface area contributed by atoms with Crippen molar-refractivity contribution in [3.63, 3.8) is 0 Å². The zero-order valence-electron chi connectivity index (χ0n) is 11.1. The normalized spacial score (nSPS) is 20.2. The fourth-order valence-corrected chi connectivity index (χ4v) is 2.72. The first-order chi connectivity index (χ1) is 9.20. The Morgan fingerprint density at radius 2 is 2.42 bits per heavy atom. The van der Waals surface area contributed by atoms with Crippen molar-refractivity contribution in [3.8, 4) is 0 Å². The van der Waals surface area contributed by atoms with Crippen molar-refractivity contribution in [2.24, 2.45) is 0 Å². The maximum atomic E-state index is 12.0. The van der Waals surface area contributed by atoms with Gasteiger partial charge in [0.05, 0.1) is 6.61 Å². The molecule has 0 amide bonds. The Hall–Kier alpha value is -0.910. The van der Waals surface area contributed by atoms with E-state index in [9.17, 15) is 4.79 Å². The summed E-state index contributed by atoms with van der Waals surface area (Å²) < 4.78 is 6.21. The molecule has 0 aromatic heterocycles. The molecule has 0 saturated carbocycles. The Morgan fingerprint density at radius 1 is 1.58 bits per heavy atom. The number of rotatable bonds is 4. The molecule has 19 heavy (non-hydrogen) atoms. The molecule has 5 heteroatoms. The van der Waals surface area contributed by atoms with Crippen molar-refractivity contribution in [3.05, 3.63) is 34.3 Å². The third-order valence-electron chi connectivity index (χ3n) is 3.19. The van der Waals surface area contributed by atoms with E-state index in [1.54, 1.807) is 0 Å². The molecule has 1 atom stereocenters. The van der Waals surface area contributed by atoms with Crippen molar-refractivity contribution in [2.75, 3.05) is 26.2 Å². The largest absolute Gasteiger partial charge is 0.465 e. The molecule has 1 aromatic carbocycles. The molecule has 0 bridgehead atoms. The SMILES string of the molecule is CCOC(=O)C1CNCCN1Cc1cccc(Br)c1. The molecule has 2 rings (SSSR count). The van der Waals surface area contributed by atoms with Gasteiger partial charge < -0.3 is 10.1 Å². The average molecular weight is 327 g/mol. The minimum atomic E-state index is -0.187. The van der Waals surface area contributed by atoms with E-state index in [0.717, 1.165) is 24.1 Å². The molecule has 1 unspecified atom stereocenters. The van der Waals surface area contributed by atoms with Crippen molar-refractivity contribution >= 4 is 21.9 Å². The lowest BCUT2D eigenvalue weighted by Gasteiger charge is -2.34. The average Bonchev–Trinajstić information content (AvgIpc) is 2.39. The van der Waals surface area contributed by atoms with E-state index in [1.807, 2.05) is 19.1 Å². The Kier molecular flexibility index (Phi) is 5.36. The third kappa shape index (κ3) is 4.03. The summed E-state index contributed by atoms with van der Waals surface area (Å²) in [6, 6.07) is 8.00. The lowest BCUT2D eigenvalue weighted by atomic mass is 10.1. The zero-order chi connectivity index (χ0) is 13.7. The van der Waals surface area contributed by atoms with E-state index in [0.29, 0.717) is 13.2 Å². The Labute approximate surface area is 122 Å². The quantitative estimate of drug-likeness (QED) is 0.856. The van der Waals surface area contributed by atoms with Gasteiger partial charge in [-0.25, -0.2) is 0 Å². The van der Waals surface area contributed by atoms with E-state index in [-0.39, 0.29) is 12.0 Å². The van der Waals surface area contributed by atoms with Crippen LogP contribution in [-0.4, -0.2) is 43.2 Å². The zero-order valence-corrected chi connectivity index (χ0v) is 12.6. The number of halogens is 1. The minimum Gasteiger partial charge on any atom is -0.465 e. The summed E-state index contributed by atoms with van der Waals surface area (Å²) in [6.07, 6.45) is 0. The summed E-state index contributed by atoms with van der Waals surface area (Å²) in [7, 11) is 0. The molecule has 1 N–H and O–H groups in total. The number of ether oxygens (including phenoxy) is 1. The Bertz CT molecular complexity index is 439. The number of nitrogens with zero attached hydrogens (tertiary/aromatic N) is 1. The van der Waals surface area contributed by atoms with Gasteiger partial charge in [-0.1, -0.05) is 28.1 Å². The molecule has 1 saturated heterocycles. The highest BCUT2D eigenvalue weighted by Gasteiger charge is 2.29. The summed E-state index contributed by atoms with van der Waals surface area (Å²) in [5.41, 5.74) is 1.20. The van der Waals surface area contributed by atoms with E-state index in [2.05, 4.69) is 38.3 Å². The van der Waals surface area contributed by atoms with Crippen LogP contribution in [0.3, 0.4) is 0 Å². The number of hydrogen-bond donors (Lipinski definition) is 1. The molecular weight excluding hydrogens is 308 g/mol. The molecular formula is C14H19BrN2O2. The molecule has 0 radical (unpaired) electrons. The van der Waals surface area contributed by atoms with Crippen LogP contribution < -0.4 is 5.32 Å². The highest BCUT2D eigenvalue weighted by Crippen LogP contribution is 2.16. The van der Waals surface area contributed by atoms with Crippen molar-refractivity contribution in [2.45, 2.75) is 19.5 Å². The molecule has 0 aliphatic carbocycles.